The lowest BCUT2D eigenvalue weighted by molar-refractivity contribution is -0.142. The fraction of sp³-hybridized carbons (Fsp3) is 0.350. The summed E-state index contributed by atoms with van der Waals surface area (Å²) < 4.78 is 0. The van der Waals surface area contributed by atoms with Crippen molar-refractivity contribution < 1.29 is 19.8 Å². The van der Waals surface area contributed by atoms with Gasteiger partial charge in [-0.15, -0.1) is 0 Å². The average Bonchev–Trinajstić information content (AvgIpc) is 2.61. The van der Waals surface area contributed by atoms with E-state index in [1.54, 1.807) is 18.3 Å². The number of carboxylic acids is 2. The van der Waals surface area contributed by atoms with Gasteiger partial charge in [0.1, 0.15) is 6.04 Å². The van der Waals surface area contributed by atoms with Crippen LogP contribution in [0.25, 0.3) is 11.3 Å². The van der Waals surface area contributed by atoms with Crippen LogP contribution in [0.3, 0.4) is 0 Å². The molecule has 0 bridgehead atoms. The average molecular weight is 356 g/mol. The number of nitrogens with one attached hydrogen (secondary N) is 1. The zero-order chi connectivity index (χ0) is 19.1. The van der Waals surface area contributed by atoms with Crippen molar-refractivity contribution in [2.75, 3.05) is 6.54 Å². The van der Waals surface area contributed by atoms with E-state index in [9.17, 15) is 19.8 Å². The molecule has 138 valence electrons. The molecule has 1 heterocycles. The van der Waals surface area contributed by atoms with Crippen LogP contribution in [0.5, 0.6) is 0 Å². The van der Waals surface area contributed by atoms with E-state index in [0.717, 1.165) is 11.3 Å². The van der Waals surface area contributed by atoms with Gasteiger partial charge in [-0.3, -0.25) is 14.6 Å². The normalized spacial score (nSPS) is 13.3. The molecule has 0 aliphatic carbocycles. The van der Waals surface area contributed by atoms with Crippen LogP contribution in [0.1, 0.15) is 31.7 Å². The first-order chi connectivity index (χ1) is 12.4. The summed E-state index contributed by atoms with van der Waals surface area (Å²) in [4.78, 5) is 27.3. The van der Waals surface area contributed by atoms with Crippen molar-refractivity contribution in [1.82, 2.24) is 10.3 Å². The van der Waals surface area contributed by atoms with E-state index in [0.29, 0.717) is 12.0 Å². The predicted octanol–water partition coefficient (Wildman–Crippen LogP) is 3.01. The molecule has 3 N–H and O–H groups in total. The molecule has 0 spiro atoms. The van der Waals surface area contributed by atoms with Crippen molar-refractivity contribution in [3.8, 4) is 11.3 Å². The van der Waals surface area contributed by atoms with Gasteiger partial charge >= 0.3 is 11.9 Å². The van der Waals surface area contributed by atoms with E-state index in [2.05, 4.69) is 10.3 Å². The first-order valence-corrected chi connectivity index (χ1v) is 8.59. The van der Waals surface area contributed by atoms with Crippen LogP contribution in [0.2, 0.25) is 0 Å². The number of hydrogen-bond donors (Lipinski definition) is 3. The summed E-state index contributed by atoms with van der Waals surface area (Å²) in [6.45, 7) is 3.92. The van der Waals surface area contributed by atoms with Gasteiger partial charge < -0.3 is 15.5 Å². The van der Waals surface area contributed by atoms with Gasteiger partial charge in [0.15, 0.2) is 0 Å². The Morgan fingerprint density at radius 1 is 1.04 bits per heavy atom. The van der Waals surface area contributed by atoms with Gasteiger partial charge in [-0.1, -0.05) is 44.2 Å². The smallest absolute Gasteiger partial charge is 0.320 e. The molecule has 2 rings (SSSR count). The number of carboxylic acid groups (broad SMARTS) is 2. The Hall–Kier alpha value is -2.73. The topological polar surface area (TPSA) is 99.5 Å². The van der Waals surface area contributed by atoms with Gasteiger partial charge in [0, 0.05) is 18.3 Å². The summed E-state index contributed by atoms with van der Waals surface area (Å²) in [5, 5.41) is 21.7. The fourth-order valence-electron chi connectivity index (χ4n) is 2.77. The lowest BCUT2D eigenvalue weighted by Gasteiger charge is -2.20. The SMILES string of the molecule is CC(C)CC(NCC(C(=O)O)c1ccc(-c2ccccn2)cc1)C(=O)O. The number of nitrogens with zero attached hydrogens (tertiary/aromatic N) is 1. The number of rotatable bonds is 9. The number of hydrogen-bond acceptors (Lipinski definition) is 4. The quantitative estimate of drug-likeness (QED) is 0.639. The molecule has 1 aromatic heterocycles. The molecule has 0 radical (unpaired) electrons. The highest BCUT2D eigenvalue weighted by molar-refractivity contribution is 5.77. The summed E-state index contributed by atoms with van der Waals surface area (Å²) in [5.74, 6) is -2.57. The van der Waals surface area contributed by atoms with Crippen molar-refractivity contribution in [2.24, 2.45) is 5.92 Å². The maximum Gasteiger partial charge on any atom is 0.320 e. The van der Waals surface area contributed by atoms with Gasteiger partial charge in [0.2, 0.25) is 0 Å². The molecule has 0 fully saturated rings. The molecule has 26 heavy (non-hydrogen) atoms. The Kier molecular flexibility index (Phi) is 6.86. The monoisotopic (exact) mass is 356 g/mol. The molecule has 2 unspecified atom stereocenters. The van der Waals surface area contributed by atoms with Gasteiger partial charge in [0.05, 0.1) is 11.6 Å². The molecule has 2 atom stereocenters. The third-order valence-corrected chi connectivity index (χ3v) is 4.15. The summed E-state index contributed by atoms with van der Waals surface area (Å²) >= 11 is 0. The molecule has 1 aromatic carbocycles. The molecule has 0 aliphatic rings. The molecule has 0 amide bonds. The second-order valence-corrected chi connectivity index (χ2v) is 6.66. The van der Waals surface area contributed by atoms with Crippen LogP contribution >= 0.6 is 0 Å². The zero-order valence-electron chi connectivity index (χ0n) is 14.9. The summed E-state index contributed by atoms with van der Waals surface area (Å²) in [5.41, 5.74) is 2.33. The lowest BCUT2D eigenvalue weighted by Crippen LogP contribution is -2.41. The maximum absolute atomic E-state index is 11.7. The Labute approximate surface area is 152 Å². The van der Waals surface area contributed by atoms with Gasteiger partial charge in [-0.05, 0) is 30.0 Å². The summed E-state index contributed by atoms with van der Waals surface area (Å²) in [6.07, 6.45) is 2.15. The zero-order valence-corrected chi connectivity index (χ0v) is 14.9. The second-order valence-electron chi connectivity index (χ2n) is 6.66. The number of benzene rings is 1. The van der Waals surface area contributed by atoms with E-state index in [-0.39, 0.29) is 12.5 Å². The maximum atomic E-state index is 11.7. The number of aliphatic carboxylic acids is 2. The van der Waals surface area contributed by atoms with Crippen LogP contribution in [-0.2, 0) is 9.59 Å². The summed E-state index contributed by atoms with van der Waals surface area (Å²) in [7, 11) is 0. The van der Waals surface area contributed by atoms with Crippen LogP contribution in [0.4, 0.5) is 0 Å². The molecule has 6 nitrogen and oxygen atoms in total. The van der Waals surface area contributed by atoms with Crippen LogP contribution < -0.4 is 5.32 Å². The summed E-state index contributed by atoms with van der Waals surface area (Å²) in [6, 6.07) is 12.0. The van der Waals surface area contributed by atoms with Crippen molar-refractivity contribution in [2.45, 2.75) is 32.2 Å². The lowest BCUT2D eigenvalue weighted by atomic mass is 9.96. The van der Waals surface area contributed by atoms with Crippen molar-refractivity contribution >= 4 is 11.9 Å². The van der Waals surface area contributed by atoms with Crippen molar-refractivity contribution in [3.63, 3.8) is 0 Å². The highest BCUT2D eigenvalue weighted by atomic mass is 16.4. The molecule has 2 aromatic rings. The minimum absolute atomic E-state index is 0.0575. The molecule has 0 saturated carbocycles. The van der Waals surface area contributed by atoms with Crippen LogP contribution in [0, 0.1) is 5.92 Å². The van der Waals surface area contributed by atoms with Crippen molar-refractivity contribution in [3.05, 3.63) is 54.2 Å². The van der Waals surface area contributed by atoms with E-state index in [1.165, 1.54) is 0 Å². The largest absolute Gasteiger partial charge is 0.481 e. The number of pyridine rings is 1. The number of carbonyl (C=O) groups is 2. The molecule has 0 aliphatic heterocycles. The minimum atomic E-state index is -0.989. The Bertz CT molecular complexity index is 729. The second kappa shape index (κ2) is 9.10. The van der Waals surface area contributed by atoms with Crippen molar-refractivity contribution in [1.29, 1.82) is 0 Å². The fourth-order valence-corrected chi connectivity index (χ4v) is 2.77. The highest BCUT2D eigenvalue weighted by Crippen LogP contribution is 2.22. The van der Waals surface area contributed by atoms with E-state index < -0.39 is 23.9 Å². The number of aromatic nitrogens is 1. The molecular weight excluding hydrogens is 332 g/mol. The third-order valence-electron chi connectivity index (χ3n) is 4.15. The molecule has 6 heteroatoms. The molecule has 0 saturated heterocycles. The Morgan fingerprint density at radius 2 is 1.73 bits per heavy atom. The van der Waals surface area contributed by atoms with E-state index in [4.69, 9.17) is 0 Å². The molecular formula is C20H24N2O4. The Balaban J connectivity index is 2.11. The van der Waals surface area contributed by atoms with E-state index >= 15 is 0 Å². The van der Waals surface area contributed by atoms with Gasteiger partial charge in [-0.25, -0.2) is 0 Å². The predicted molar refractivity (Wildman–Crippen MR) is 98.9 cm³/mol. The van der Waals surface area contributed by atoms with Crippen LogP contribution in [0.15, 0.2) is 48.7 Å². The van der Waals surface area contributed by atoms with Gasteiger partial charge in [0.25, 0.3) is 0 Å². The minimum Gasteiger partial charge on any atom is -0.481 e. The van der Waals surface area contributed by atoms with Gasteiger partial charge in [-0.2, -0.15) is 0 Å². The van der Waals surface area contributed by atoms with E-state index in [1.807, 2.05) is 44.2 Å². The Morgan fingerprint density at radius 3 is 2.23 bits per heavy atom. The highest BCUT2D eigenvalue weighted by Gasteiger charge is 2.24. The first kappa shape index (κ1) is 19.6. The first-order valence-electron chi connectivity index (χ1n) is 8.59. The van der Waals surface area contributed by atoms with Crippen LogP contribution in [-0.4, -0.2) is 39.7 Å². The third kappa shape index (κ3) is 5.39. The standard InChI is InChI=1S/C20H24N2O4/c1-13(2)11-18(20(25)26)22-12-16(19(23)24)14-6-8-15(9-7-14)17-5-3-4-10-21-17/h3-10,13,16,18,22H,11-12H2,1-2H3,(H,23,24)(H,25,26).